The molecular weight excluding hydrogens is 296 g/mol. The lowest BCUT2D eigenvalue weighted by Gasteiger charge is -2.11. The molecule has 0 bridgehead atoms. The van der Waals surface area contributed by atoms with Crippen molar-refractivity contribution >= 4 is 15.9 Å². The number of ketones is 1. The zero-order valence-corrected chi connectivity index (χ0v) is 11.8. The summed E-state index contributed by atoms with van der Waals surface area (Å²) in [5.74, 6) is -1.60. The molecule has 0 aliphatic carbocycles. The van der Waals surface area contributed by atoms with Crippen LogP contribution >= 0.6 is 0 Å². The van der Waals surface area contributed by atoms with Gasteiger partial charge in [0.2, 0.25) is 0 Å². The SMILES string of the molecule is COc1c(S(=O)(=O)O)ccc(C(=O)c2ccccc2)c1O. The summed E-state index contributed by atoms with van der Waals surface area (Å²) in [5, 5.41) is 10.0. The monoisotopic (exact) mass is 308 g/mol. The minimum atomic E-state index is -4.57. The first-order chi connectivity index (χ1) is 9.86. The third kappa shape index (κ3) is 2.88. The number of carbonyl (C=O) groups is 1. The maximum atomic E-state index is 12.3. The molecule has 6 nitrogen and oxygen atoms in total. The van der Waals surface area contributed by atoms with Crippen LogP contribution < -0.4 is 4.74 Å². The van der Waals surface area contributed by atoms with E-state index in [1.165, 1.54) is 0 Å². The second kappa shape index (κ2) is 5.55. The average Bonchev–Trinajstić information content (AvgIpc) is 2.46. The normalized spacial score (nSPS) is 11.1. The second-order valence-electron chi connectivity index (χ2n) is 4.16. The summed E-state index contributed by atoms with van der Waals surface area (Å²) < 4.78 is 36.2. The van der Waals surface area contributed by atoms with Gasteiger partial charge >= 0.3 is 0 Å². The summed E-state index contributed by atoms with van der Waals surface area (Å²) in [6.07, 6.45) is 0. The molecule has 2 N–H and O–H groups in total. The molecule has 0 fully saturated rings. The summed E-state index contributed by atoms with van der Waals surface area (Å²) in [5.41, 5.74) is 0.208. The van der Waals surface area contributed by atoms with Gasteiger partial charge in [-0.2, -0.15) is 8.42 Å². The predicted molar refractivity (Wildman–Crippen MR) is 74.3 cm³/mol. The zero-order chi connectivity index (χ0) is 15.6. The van der Waals surface area contributed by atoms with E-state index < -0.39 is 32.3 Å². The molecule has 2 aromatic rings. The molecular formula is C14H12O6S. The molecule has 0 amide bonds. The highest BCUT2D eigenvalue weighted by Gasteiger charge is 2.24. The maximum absolute atomic E-state index is 12.3. The lowest BCUT2D eigenvalue weighted by molar-refractivity contribution is 0.103. The fourth-order valence-corrected chi connectivity index (χ4v) is 2.54. The van der Waals surface area contributed by atoms with Gasteiger partial charge in [-0.15, -0.1) is 0 Å². The van der Waals surface area contributed by atoms with Gasteiger partial charge in [0, 0.05) is 5.56 Å². The van der Waals surface area contributed by atoms with Crippen molar-refractivity contribution < 1.29 is 27.6 Å². The molecule has 2 rings (SSSR count). The standard InChI is InChI=1S/C14H12O6S/c1-20-14-11(21(17,18)19)8-7-10(13(14)16)12(15)9-5-3-2-4-6-9/h2-8,16H,1H3,(H,17,18,19). The van der Waals surface area contributed by atoms with E-state index in [0.29, 0.717) is 5.56 Å². The minimum Gasteiger partial charge on any atom is -0.504 e. The van der Waals surface area contributed by atoms with Gasteiger partial charge in [-0.25, -0.2) is 0 Å². The first-order valence-corrected chi connectivity index (χ1v) is 7.27. The number of phenols is 1. The maximum Gasteiger partial charge on any atom is 0.298 e. The molecule has 0 aliphatic rings. The molecule has 0 saturated carbocycles. The highest BCUT2D eigenvalue weighted by molar-refractivity contribution is 7.86. The van der Waals surface area contributed by atoms with Crippen LogP contribution in [0.5, 0.6) is 11.5 Å². The Morgan fingerprint density at radius 1 is 1.10 bits per heavy atom. The number of phenolic OH excluding ortho intramolecular Hbond substituents is 1. The first kappa shape index (κ1) is 15.0. The minimum absolute atomic E-state index is 0.120. The van der Waals surface area contributed by atoms with E-state index >= 15 is 0 Å². The summed E-state index contributed by atoms with van der Waals surface area (Å²) in [6, 6.07) is 10.3. The van der Waals surface area contributed by atoms with Crippen LogP contribution in [0.15, 0.2) is 47.4 Å². The van der Waals surface area contributed by atoms with Gasteiger partial charge in [-0.05, 0) is 12.1 Å². The van der Waals surface area contributed by atoms with Crippen molar-refractivity contribution in [3.05, 3.63) is 53.6 Å². The summed E-state index contributed by atoms with van der Waals surface area (Å²) in [4.78, 5) is 11.7. The molecule has 0 spiro atoms. The van der Waals surface area contributed by atoms with Crippen LogP contribution in [0, 0.1) is 0 Å². The molecule has 110 valence electrons. The van der Waals surface area contributed by atoms with Crippen LogP contribution in [0.25, 0.3) is 0 Å². The number of carbonyl (C=O) groups excluding carboxylic acids is 1. The molecule has 0 atom stereocenters. The van der Waals surface area contributed by atoms with Crippen LogP contribution in [0.1, 0.15) is 15.9 Å². The predicted octanol–water partition coefficient (Wildman–Crippen LogP) is 1.88. The highest BCUT2D eigenvalue weighted by atomic mass is 32.2. The zero-order valence-electron chi connectivity index (χ0n) is 11.0. The smallest absolute Gasteiger partial charge is 0.298 e. The van der Waals surface area contributed by atoms with Gasteiger partial charge in [-0.1, -0.05) is 30.3 Å². The third-order valence-corrected chi connectivity index (χ3v) is 3.74. The Hall–Kier alpha value is -2.38. The number of ether oxygens (including phenoxy) is 1. The number of benzene rings is 2. The fourth-order valence-electron chi connectivity index (χ4n) is 1.88. The van der Waals surface area contributed by atoms with Crippen LogP contribution in [0.2, 0.25) is 0 Å². The van der Waals surface area contributed by atoms with E-state index in [2.05, 4.69) is 0 Å². The summed E-state index contributed by atoms with van der Waals surface area (Å²) in [6.45, 7) is 0. The lowest BCUT2D eigenvalue weighted by atomic mass is 10.0. The average molecular weight is 308 g/mol. The quantitative estimate of drug-likeness (QED) is 0.660. The second-order valence-corrected chi connectivity index (χ2v) is 5.55. The Balaban J connectivity index is 2.61. The molecule has 0 radical (unpaired) electrons. The van der Waals surface area contributed by atoms with Crippen molar-refractivity contribution in [1.82, 2.24) is 0 Å². The van der Waals surface area contributed by atoms with Gasteiger partial charge in [0.1, 0.15) is 4.90 Å². The van der Waals surface area contributed by atoms with Crippen LogP contribution in [0.3, 0.4) is 0 Å². The van der Waals surface area contributed by atoms with Crippen molar-refractivity contribution in [1.29, 1.82) is 0 Å². The van der Waals surface area contributed by atoms with Gasteiger partial charge in [0.05, 0.1) is 12.7 Å². The lowest BCUT2D eigenvalue weighted by Crippen LogP contribution is -2.06. The van der Waals surface area contributed by atoms with E-state index in [0.717, 1.165) is 19.2 Å². The summed E-state index contributed by atoms with van der Waals surface area (Å²) >= 11 is 0. The van der Waals surface area contributed by atoms with Crippen molar-refractivity contribution in [3.63, 3.8) is 0 Å². The molecule has 0 unspecified atom stereocenters. The van der Waals surface area contributed by atoms with Gasteiger partial charge in [0.25, 0.3) is 10.1 Å². The molecule has 0 heterocycles. The Bertz CT molecular complexity index is 781. The molecule has 7 heteroatoms. The van der Waals surface area contributed by atoms with Crippen molar-refractivity contribution in [2.75, 3.05) is 7.11 Å². The van der Waals surface area contributed by atoms with Gasteiger partial charge in [0.15, 0.2) is 17.3 Å². The molecule has 0 aromatic heterocycles. The van der Waals surface area contributed by atoms with Gasteiger partial charge in [-0.3, -0.25) is 9.35 Å². The fraction of sp³-hybridized carbons (Fsp3) is 0.0714. The Kier molecular flexibility index (Phi) is 3.97. The van der Waals surface area contributed by atoms with Crippen LogP contribution in [0.4, 0.5) is 0 Å². The van der Waals surface area contributed by atoms with Crippen LogP contribution in [-0.4, -0.2) is 31.0 Å². The number of hydrogen-bond donors (Lipinski definition) is 2. The molecule has 21 heavy (non-hydrogen) atoms. The largest absolute Gasteiger partial charge is 0.504 e. The van der Waals surface area contributed by atoms with E-state index in [1.807, 2.05) is 0 Å². The van der Waals surface area contributed by atoms with Crippen molar-refractivity contribution in [2.24, 2.45) is 0 Å². The highest BCUT2D eigenvalue weighted by Crippen LogP contribution is 2.37. The Morgan fingerprint density at radius 2 is 1.71 bits per heavy atom. The topological polar surface area (TPSA) is 101 Å². The Morgan fingerprint density at radius 3 is 2.24 bits per heavy atom. The Labute approximate surface area is 121 Å². The molecule has 0 aliphatic heterocycles. The van der Waals surface area contributed by atoms with Crippen molar-refractivity contribution in [3.8, 4) is 11.5 Å². The number of aromatic hydroxyl groups is 1. The molecule has 2 aromatic carbocycles. The number of methoxy groups -OCH3 is 1. The number of hydrogen-bond acceptors (Lipinski definition) is 5. The summed E-state index contributed by atoms with van der Waals surface area (Å²) in [7, 11) is -3.45. The molecule has 0 saturated heterocycles. The van der Waals surface area contributed by atoms with Crippen LogP contribution in [-0.2, 0) is 10.1 Å². The van der Waals surface area contributed by atoms with E-state index in [-0.39, 0.29) is 5.56 Å². The van der Waals surface area contributed by atoms with E-state index in [1.54, 1.807) is 30.3 Å². The number of rotatable bonds is 4. The van der Waals surface area contributed by atoms with Gasteiger partial charge < -0.3 is 9.84 Å². The van der Waals surface area contributed by atoms with E-state index in [9.17, 15) is 18.3 Å². The first-order valence-electron chi connectivity index (χ1n) is 5.83. The third-order valence-electron chi connectivity index (χ3n) is 2.86. The van der Waals surface area contributed by atoms with Crippen molar-refractivity contribution in [2.45, 2.75) is 4.90 Å². The van der Waals surface area contributed by atoms with E-state index in [4.69, 9.17) is 9.29 Å².